The van der Waals surface area contributed by atoms with Crippen LogP contribution in [-0.4, -0.2) is 23.6 Å². The van der Waals surface area contributed by atoms with Crippen LogP contribution in [0.25, 0.3) is 0 Å². The summed E-state index contributed by atoms with van der Waals surface area (Å²) in [4.78, 5) is 11.2. The Kier molecular flexibility index (Phi) is 4.40. The van der Waals surface area contributed by atoms with Crippen molar-refractivity contribution in [3.63, 3.8) is 0 Å². The zero-order chi connectivity index (χ0) is 12.3. The molecule has 0 bridgehead atoms. The van der Waals surface area contributed by atoms with Gasteiger partial charge < -0.3 is 4.74 Å². The molecule has 0 aromatic heterocycles. The molecule has 0 aromatic carbocycles. The number of carbonyl (C=O) groups is 1. The standard InChI is InChI=1S/C14H24O2S/c1-11(10-13(15)16-2)17-12-6-9-14(12)7-4-3-5-8-14/h11-12H,3-10H2,1-2H3. The molecule has 0 radical (unpaired) electrons. The minimum absolute atomic E-state index is 0.0676. The maximum atomic E-state index is 11.2. The Morgan fingerprint density at radius 3 is 2.59 bits per heavy atom. The van der Waals surface area contributed by atoms with Crippen molar-refractivity contribution in [2.45, 2.75) is 68.8 Å². The fourth-order valence-electron chi connectivity index (χ4n) is 3.36. The average molecular weight is 256 g/mol. The largest absolute Gasteiger partial charge is 0.469 e. The van der Waals surface area contributed by atoms with Gasteiger partial charge in [-0.1, -0.05) is 26.2 Å². The Bertz CT molecular complexity index is 271. The van der Waals surface area contributed by atoms with E-state index in [0.717, 1.165) is 5.25 Å². The highest BCUT2D eigenvalue weighted by Gasteiger charge is 2.47. The van der Waals surface area contributed by atoms with Gasteiger partial charge in [0.25, 0.3) is 0 Å². The number of esters is 1. The van der Waals surface area contributed by atoms with E-state index in [4.69, 9.17) is 4.74 Å². The molecule has 0 amide bonds. The van der Waals surface area contributed by atoms with Crippen molar-refractivity contribution in [2.24, 2.45) is 5.41 Å². The highest BCUT2D eigenvalue weighted by molar-refractivity contribution is 8.00. The van der Waals surface area contributed by atoms with E-state index in [1.54, 1.807) is 0 Å². The van der Waals surface area contributed by atoms with Crippen molar-refractivity contribution < 1.29 is 9.53 Å². The fraction of sp³-hybridized carbons (Fsp3) is 0.929. The minimum Gasteiger partial charge on any atom is -0.469 e. The second-order valence-corrected chi connectivity index (χ2v) is 7.32. The normalized spacial score (nSPS) is 28.5. The van der Waals surface area contributed by atoms with Crippen LogP contribution in [0.15, 0.2) is 0 Å². The lowest BCUT2D eigenvalue weighted by Gasteiger charge is -2.52. The quantitative estimate of drug-likeness (QED) is 0.716. The summed E-state index contributed by atoms with van der Waals surface area (Å²) in [6, 6.07) is 0. The number of methoxy groups -OCH3 is 1. The molecule has 2 aliphatic carbocycles. The molecule has 2 nitrogen and oxygen atoms in total. The molecule has 0 N–H and O–H groups in total. The van der Waals surface area contributed by atoms with Crippen LogP contribution in [-0.2, 0) is 9.53 Å². The molecule has 1 spiro atoms. The zero-order valence-electron chi connectivity index (χ0n) is 11.0. The molecular weight excluding hydrogens is 232 g/mol. The monoisotopic (exact) mass is 256 g/mol. The molecule has 2 saturated carbocycles. The highest BCUT2D eigenvalue weighted by atomic mass is 32.2. The van der Waals surface area contributed by atoms with Crippen LogP contribution in [0.3, 0.4) is 0 Å². The van der Waals surface area contributed by atoms with Gasteiger partial charge in [0.2, 0.25) is 0 Å². The Morgan fingerprint density at radius 2 is 2.06 bits per heavy atom. The second-order valence-electron chi connectivity index (χ2n) is 5.68. The third kappa shape index (κ3) is 2.98. The first-order valence-corrected chi connectivity index (χ1v) is 7.83. The summed E-state index contributed by atoms with van der Waals surface area (Å²) in [7, 11) is 1.48. The van der Waals surface area contributed by atoms with Crippen LogP contribution < -0.4 is 0 Å². The summed E-state index contributed by atoms with van der Waals surface area (Å²) in [6.45, 7) is 2.16. The molecule has 17 heavy (non-hydrogen) atoms. The summed E-state index contributed by atoms with van der Waals surface area (Å²) in [6.07, 6.45) is 10.5. The van der Waals surface area contributed by atoms with Crippen molar-refractivity contribution in [2.75, 3.05) is 7.11 Å². The van der Waals surface area contributed by atoms with Crippen LogP contribution in [0.5, 0.6) is 0 Å². The fourth-order valence-corrected chi connectivity index (χ4v) is 5.05. The lowest BCUT2D eigenvalue weighted by molar-refractivity contribution is -0.140. The van der Waals surface area contributed by atoms with E-state index in [-0.39, 0.29) is 5.97 Å². The smallest absolute Gasteiger partial charge is 0.306 e. The van der Waals surface area contributed by atoms with Crippen molar-refractivity contribution in [3.05, 3.63) is 0 Å². The average Bonchev–Trinajstić information content (AvgIpc) is 2.35. The van der Waals surface area contributed by atoms with E-state index < -0.39 is 0 Å². The number of rotatable bonds is 4. The van der Waals surface area contributed by atoms with Gasteiger partial charge >= 0.3 is 5.97 Å². The molecule has 2 aliphatic rings. The predicted molar refractivity (Wildman–Crippen MR) is 72.2 cm³/mol. The molecule has 2 unspecified atom stereocenters. The number of carbonyl (C=O) groups excluding carboxylic acids is 1. The topological polar surface area (TPSA) is 26.3 Å². The molecule has 2 fully saturated rings. The van der Waals surface area contributed by atoms with Crippen LogP contribution in [0.2, 0.25) is 0 Å². The lowest BCUT2D eigenvalue weighted by atomic mass is 9.60. The number of hydrogen-bond donors (Lipinski definition) is 0. The minimum atomic E-state index is -0.0676. The van der Waals surface area contributed by atoms with E-state index in [0.29, 0.717) is 17.1 Å². The van der Waals surface area contributed by atoms with Gasteiger partial charge in [-0.05, 0) is 31.1 Å². The van der Waals surface area contributed by atoms with Gasteiger partial charge in [-0.15, -0.1) is 0 Å². The van der Waals surface area contributed by atoms with Crippen molar-refractivity contribution >= 4 is 17.7 Å². The van der Waals surface area contributed by atoms with Gasteiger partial charge in [0.15, 0.2) is 0 Å². The van der Waals surface area contributed by atoms with Gasteiger partial charge in [0.1, 0.15) is 0 Å². The number of hydrogen-bond acceptors (Lipinski definition) is 3. The Hall–Kier alpha value is -0.180. The van der Waals surface area contributed by atoms with Gasteiger partial charge in [-0.2, -0.15) is 11.8 Å². The number of thioether (sulfide) groups is 1. The van der Waals surface area contributed by atoms with Crippen molar-refractivity contribution in [1.29, 1.82) is 0 Å². The zero-order valence-corrected chi connectivity index (χ0v) is 11.9. The summed E-state index contributed by atoms with van der Waals surface area (Å²) >= 11 is 2.03. The first kappa shape index (κ1) is 13.3. The third-order valence-electron chi connectivity index (χ3n) is 4.52. The second kappa shape index (κ2) is 5.64. The maximum absolute atomic E-state index is 11.2. The molecule has 0 aliphatic heterocycles. The summed E-state index contributed by atoms with van der Waals surface area (Å²) in [5.41, 5.74) is 0.646. The first-order chi connectivity index (χ1) is 8.16. The molecule has 3 heteroatoms. The van der Waals surface area contributed by atoms with Gasteiger partial charge in [-0.3, -0.25) is 4.79 Å². The van der Waals surface area contributed by atoms with Crippen molar-refractivity contribution in [3.8, 4) is 0 Å². The first-order valence-electron chi connectivity index (χ1n) is 6.88. The number of ether oxygens (including phenoxy) is 1. The van der Waals surface area contributed by atoms with Crippen LogP contribution in [0, 0.1) is 5.41 Å². The van der Waals surface area contributed by atoms with Gasteiger partial charge in [-0.25, -0.2) is 0 Å². The molecule has 2 atom stereocenters. The molecular formula is C14H24O2S. The van der Waals surface area contributed by atoms with E-state index in [9.17, 15) is 4.79 Å². The lowest BCUT2D eigenvalue weighted by Crippen LogP contribution is -2.45. The van der Waals surface area contributed by atoms with Gasteiger partial charge in [0, 0.05) is 10.5 Å². The van der Waals surface area contributed by atoms with Crippen LogP contribution in [0.4, 0.5) is 0 Å². The molecule has 98 valence electrons. The van der Waals surface area contributed by atoms with Crippen LogP contribution in [0.1, 0.15) is 58.3 Å². The molecule has 0 aromatic rings. The maximum Gasteiger partial charge on any atom is 0.306 e. The SMILES string of the molecule is COC(=O)CC(C)SC1CCC12CCCCC2. The summed E-state index contributed by atoms with van der Waals surface area (Å²) in [5.74, 6) is -0.0676. The van der Waals surface area contributed by atoms with Crippen LogP contribution >= 0.6 is 11.8 Å². The van der Waals surface area contributed by atoms with E-state index in [1.807, 2.05) is 11.8 Å². The predicted octanol–water partition coefficient (Wildman–Crippen LogP) is 3.78. The third-order valence-corrected chi connectivity index (χ3v) is 6.21. The summed E-state index contributed by atoms with van der Waals surface area (Å²) < 4.78 is 4.74. The van der Waals surface area contributed by atoms with E-state index in [1.165, 1.54) is 52.1 Å². The van der Waals surface area contributed by atoms with Gasteiger partial charge in [0.05, 0.1) is 13.5 Å². The molecule has 2 rings (SSSR count). The Morgan fingerprint density at radius 1 is 1.35 bits per heavy atom. The molecule has 0 saturated heterocycles. The summed E-state index contributed by atoms with van der Waals surface area (Å²) in [5, 5.41) is 1.22. The van der Waals surface area contributed by atoms with E-state index in [2.05, 4.69) is 6.92 Å². The highest BCUT2D eigenvalue weighted by Crippen LogP contribution is 2.57. The van der Waals surface area contributed by atoms with Crippen molar-refractivity contribution in [1.82, 2.24) is 0 Å². The Labute approximate surface area is 109 Å². The van der Waals surface area contributed by atoms with E-state index >= 15 is 0 Å². The molecule has 0 heterocycles. The Balaban J connectivity index is 1.80.